The van der Waals surface area contributed by atoms with Crippen LogP contribution >= 0.6 is 0 Å². The molecule has 0 bridgehead atoms. The van der Waals surface area contributed by atoms with Crippen molar-refractivity contribution in [1.82, 2.24) is 9.88 Å². The average molecular weight is 292 g/mol. The highest BCUT2D eigenvalue weighted by Crippen LogP contribution is 2.31. The molecule has 5 nitrogen and oxygen atoms in total. The molecule has 0 aromatic carbocycles. The van der Waals surface area contributed by atoms with E-state index < -0.39 is 5.60 Å². The van der Waals surface area contributed by atoms with Crippen LogP contribution in [0.4, 0.5) is 0 Å². The third kappa shape index (κ3) is 3.73. The van der Waals surface area contributed by atoms with Gasteiger partial charge in [-0.05, 0) is 31.7 Å². The lowest BCUT2D eigenvalue weighted by Gasteiger charge is -2.35. The number of aliphatic hydroxyl groups is 1. The average Bonchev–Trinajstić information content (AvgIpc) is 2.78. The van der Waals surface area contributed by atoms with Crippen molar-refractivity contribution in [2.24, 2.45) is 13.0 Å². The Bertz CT molecular complexity index is 550. The number of hydrogen-bond donors (Lipinski definition) is 2. The van der Waals surface area contributed by atoms with Crippen LogP contribution in [0, 0.1) is 5.92 Å². The molecule has 21 heavy (non-hydrogen) atoms. The van der Waals surface area contributed by atoms with E-state index in [2.05, 4.69) is 12.2 Å². The quantitative estimate of drug-likeness (QED) is 0.833. The standard InChI is InChI=1S/C16H24N2O3/c1-11-5-4-6-16(21,8-11)10-17-15(20)14-7-13(12(2)19)9-18(14)3/h7,9,11,21H,4-6,8,10H2,1-3H3,(H,17,20). The first-order valence-corrected chi connectivity index (χ1v) is 7.48. The monoisotopic (exact) mass is 292 g/mol. The third-order valence-corrected chi connectivity index (χ3v) is 4.29. The Morgan fingerprint density at radius 3 is 2.81 bits per heavy atom. The summed E-state index contributed by atoms with van der Waals surface area (Å²) in [7, 11) is 1.73. The summed E-state index contributed by atoms with van der Waals surface area (Å²) >= 11 is 0. The number of Topliss-reactive ketones (excluding diaryl/α,β-unsaturated/α-hetero) is 1. The third-order valence-electron chi connectivity index (χ3n) is 4.29. The summed E-state index contributed by atoms with van der Waals surface area (Å²) in [5, 5.41) is 13.3. The summed E-state index contributed by atoms with van der Waals surface area (Å²) < 4.78 is 1.64. The van der Waals surface area contributed by atoms with E-state index in [1.54, 1.807) is 23.9 Å². The van der Waals surface area contributed by atoms with Crippen molar-refractivity contribution < 1.29 is 14.7 Å². The molecule has 5 heteroatoms. The van der Waals surface area contributed by atoms with E-state index in [0.29, 0.717) is 17.2 Å². The SMILES string of the molecule is CC(=O)c1cc(C(=O)NCC2(O)CCCC(C)C2)n(C)c1. The largest absolute Gasteiger partial charge is 0.388 e. The van der Waals surface area contributed by atoms with E-state index in [1.165, 1.54) is 6.92 Å². The van der Waals surface area contributed by atoms with E-state index in [1.807, 2.05) is 0 Å². The maximum absolute atomic E-state index is 12.2. The Balaban J connectivity index is 2.00. The Labute approximate surface area is 125 Å². The second-order valence-electron chi connectivity index (χ2n) is 6.39. The Morgan fingerprint density at radius 1 is 1.52 bits per heavy atom. The molecule has 1 saturated carbocycles. The number of hydrogen-bond acceptors (Lipinski definition) is 3. The molecule has 1 aromatic rings. The highest BCUT2D eigenvalue weighted by molar-refractivity contribution is 5.99. The van der Waals surface area contributed by atoms with Crippen LogP contribution in [0.1, 0.15) is 60.4 Å². The summed E-state index contributed by atoms with van der Waals surface area (Å²) in [6, 6.07) is 1.59. The fraction of sp³-hybridized carbons (Fsp3) is 0.625. The van der Waals surface area contributed by atoms with Crippen LogP contribution in [0.15, 0.2) is 12.3 Å². The Hall–Kier alpha value is -1.62. The number of nitrogens with one attached hydrogen (secondary N) is 1. The van der Waals surface area contributed by atoms with E-state index in [4.69, 9.17) is 0 Å². The molecule has 0 saturated heterocycles. The van der Waals surface area contributed by atoms with Crippen molar-refractivity contribution in [3.63, 3.8) is 0 Å². The van der Waals surface area contributed by atoms with Gasteiger partial charge in [0.2, 0.25) is 0 Å². The number of carbonyl (C=O) groups excluding carboxylic acids is 2. The van der Waals surface area contributed by atoms with E-state index in [0.717, 1.165) is 25.7 Å². The van der Waals surface area contributed by atoms with E-state index >= 15 is 0 Å². The molecule has 0 radical (unpaired) electrons. The van der Waals surface area contributed by atoms with Crippen LogP contribution in [0.2, 0.25) is 0 Å². The lowest BCUT2D eigenvalue weighted by atomic mass is 9.79. The van der Waals surface area contributed by atoms with Gasteiger partial charge in [0.15, 0.2) is 5.78 Å². The van der Waals surface area contributed by atoms with Gasteiger partial charge < -0.3 is 15.0 Å². The molecule has 1 amide bonds. The van der Waals surface area contributed by atoms with Crippen LogP contribution in [0.5, 0.6) is 0 Å². The maximum Gasteiger partial charge on any atom is 0.268 e. The zero-order valence-corrected chi connectivity index (χ0v) is 13.0. The molecule has 1 heterocycles. The van der Waals surface area contributed by atoms with Crippen LogP contribution in [-0.2, 0) is 7.05 Å². The summed E-state index contributed by atoms with van der Waals surface area (Å²) in [5.74, 6) is 0.168. The minimum atomic E-state index is -0.804. The Kier molecular flexibility index (Phi) is 4.52. The zero-order valence-electron chi connectivity index (χ0n) is 13.0. The number of carbonyl (C=O) groups is 2. The highest BCUT2D eigenvalue weighted by Gasteiger charge is 2.33. The predicted molar refractivity (Wildman–Crippen MR) is 80.3 cm³/mol. The van der Waals surface area contributed by atoms with Crippen molar-refractivity contribution in [1.29, 1.82) is 0 Å². The molecule has 2 atom stereocenters. The number of aromatic nitrogens is 1. The van der Waals surface area contributed by atoms with Gasteiger partial charge in [-0.1, -0.05) is 19.8 Å². The smallest absolute Gasteiger partial charge is 0.268 e. The number of rotatable bonds is 4. The van der Waals surface area contributed by atoms with Crippen LogP contribution < -0.4 is 5.32 Å². The van der Waals surface area contributed by atoms with Crippen molar-refractivity contribution in [2.45, 2.75) is 45.1 Å². The Morgan fingerprint density at radius 2 is 2.24 bits per heavy atom. The lowest BCUT2D eigenvalue weighted by molar-refractivity contribution is -0.0110. The fourth-order valence-corrected chi connectivity index (χ4v) is 3.11. The first-order chi connectivity index (χ1) is 9.81. The summed E-state index contributed by atoms with van der Waals surface area (Å²) in [6.07, 6.45) is 5.22. The number of aryl methyl sites for hydroxylation is 1. The van der Waals surface area contributed by atoms with E-state index in [-0.39, 0.29) is 18.2 Å². The first-order valence-electron chi connectivity index (χ1n) is 7.48. The van der Waals surface area contributed by atoms with Crippen molar-refractivity contribution in [3.8, 4) is 0 Å². The number of amides is 1. The second-order valence-corrected chi connectivity index (χ2v) is 6.39. The normalized spacial score (nSPS) is 25.6. The van der Waals surface area contributed by atoms with Crippen LogP contribution in [0.3, 0.4) is 0 Å². The van der Waals surface area contributed by atoms with Gasteiger partial charge in [-0.2, -0.15) is 0 Å². The van der Waals surface area contributed by atoms with Crippen LogP contribution in [-0.4, -0.2) is 33.5 Å². The molecule has 2 unspecified atom stereocenters. The molecule has 0 spiro atoms. The van der Waals surface area contributed by atoms with Crippen molar-refractivity contribution in [3.05, 3.63) is 23.5 Å². The topological polar surface area (TPSA) is 71.3 Å². The summed E-state index contributed by atoms with van der Waals surface area (Å²) in [6.45, 7) is 3.86. The summed E-state index contributed by atoms with van der Waals surface area (Å²) in [4.78, 5) is 23.6. The number of nitrogens with zero attached hydrogens (tertiary/aromatic N) is 1. The van der Waals surface area contributed by atoms with Gasteiger partial charge in [0.1, 0.15) is 5.69 Å². The van der Waals surface area contributed by atoms with Crippen molar-refractivity contribution in [2.75, 3.05) is 6.54 Å². The molecule has 1 fully saturated rings. The molecule has 2 rings (SSSR count). The van der Waals surface area contributed by atoms with Crippen molar-refractivity contribution >= 4 is 11.7 Å². The summed E-state index contributed by atoms with van der Waals surface area (Å²) in [5.41, 5.74) is 0.155. The highest BCUT2D eigenvalue weighted by atomic mass is 16.3. The van der Waals surface area contributed by atoms with Gasteiger partial charge in [0, 0.05) is 25.4 Å². The van der Waals surface area contributed by atoms with Gasteiger partial charge in [-0.25, -0.2) is 0 Å². The van der Waals surface area contributed by atoms with E-state index in [9.17, 15) is 14.7 Å². The van der Waals surface area contributed by atoms with Gasteiger partial charge in [0.05, 0.1) is 5.60 Å². The van der Waals surface area contributed by atoms with Gasteiger partial charge in [-0.15, -0.1) is 0 Å². The van der Waals surface area contributed by atoms with Gasteiger partial charge >= 0.3 is 0 Å². The molecule has 1 aromatic heterocycles. The zero-order chi connectivity index (χ0) is 15.6. The number of ketones is 1. The second kappa shape index (κ2) is 6.02. The fourth-order valence-electron chi connectivity index (χ4n) is 3.11. The van der Waals surface area contributed by atoms with Crippen LogP contribution in [0.25, 0.3) is 0 Å². The van der Waals surface area contributed by atoms with Gasteiger partial charge in [-0.3, -0.25) is 9.59 Å². The predicted octanol–water partition coefficient (Wildman–Crippen LogP) is 1.90. The maximum atomic E-state index is 12.2. The molecule has 1 aliphatic rings. The molecule has 1 aliphatic carbocycles. The molecular weight excluding hydrogens is 268 g/mol. The molecule has 0 aliphatic heterocycles. The minimum Gasteiger partial charge on any atom is -0.388 e. The molecule has 116 valence electrons. The minimum absolute atomic E-state index is 0.0654. The first kappa shape index (κ1) is 15.8. The van der Waals surface area contributed by atoms with Gasteiger partial charge in [0.25, 0.3) is 5.91 Å². The molecule has 2 N–H and O–H groups in total. The lowest BCUT2D eigenvalue weighted by Crippen LogP contribution is -2.46. The molecular formula is C16H24N2O3.